The van der Waals surface area contributed by atoms with Crippen LogP contribution >= 0.6 is 0 Å². The number of carbonyl (C=O) groups excluding carboxylic acids is 1. The molecule has 0 aliphatic carbocycles. The lowest BCUT2D eigenvalue weighted by molar-refractivity contribution is -0.00706. The quantitative estimate of drug-likeness (QED) is 0.444. The molecule has 2 unspecified atom stereocenters. The molecule has 35 heavy (non-hydrogen) atoms. The molecule has 1 amide bonds. The van der Waals surface area contributed by atoms with E-state index in [0.717, 1.165) is 31.2 Å². The lowest BCUT2D eigenvalue weighted by Crippen LogP contribution is -2.50. The molecular formula is C28H31NO6. The Labute approximate surface area is 204 Å². The zero-order valence-corrected chi connectivity index (χ0v) is 20.6. The zero-order valence-electron chi connectivity index (χ0n) is 20.6. The van der Waals surface area contributed by atoms with Gasteiger partial charge < -0.3 is 23.5 Å². The molecule has 2 aromatic carbocycles. The molecule has 3 aromatic rings. The predicted octanol–water partition coefficient (Wildman–Crippen LogP) is 5.78. The largest absolute Gasteiger partial charge is 0.495 e. The molecule has 0 N–H and O–H groups in total. The van der Waals surface area contributed by atoms with Crippen LogP contribution in [0.3, 0.4) is 0 Å². The summed E-state index contributed by atoms with van der Waals surface area (Å²) in [5, 5.41) is 0.707. The molecule has 2 saturated heterocycles. The molecule has 3 heterocycles. The number of amides is 1. The summed E-state index contributed by atoms with van der Waals surface area (Å²) < 4.78 is 23.3. The van der Waals surface area contributed by atoms with E-state index in [-0.39, 0.29) is 24.3 Å². The van der Waals surface area contributed by atoms with Crippen molar-refractivity contribution in [2.24, 2.45) is 0 Å². The summed E-state index contributed by atoms with van der Waals surface area (Å²) >= 11 is 0. The normalized spacial score (nSPS) is 21.7. The molecular weight excluding hydrogens is 446 g/mol. The van der Waals surface area contributed by atoms with Gasteiger partial charge in [-0.3, -0.25) is 0 Å². The third-order valence-corrected chi connectivity index (χ3v) is 6.70. The molecule has 2 fully saturated rings. The Morgan fingerprint density at radius 3 is 2.34 bits per heavy atom. The van der Waals surface area contributed by atoms with E-state index >= 15 is 0 Å². The van der Waals surface area contributed by atoms with Crippen LogP contribution in [0.2, 0.25) is 0 Å². The Bertz CT molecular complexity index is 1280. The van der Waals surface area contributed by atoms with Crippen molar-refractivity contribution < 1.29 is 23.4 Å². The first-order valence-electron chi connectivity index (χ1n) is 12.1. The number of methoxy groups -OCH3 is 1. The zero-order chi connectivity index (χ0) is 24.7. The molecule has 7 nitrogen and oxygen atoms in total. The van der Waals surface area contributed by atoms with Crippen LogP contribution in [0.25, 0.3) is 22.1 Å². The number of rotatable bonds is 4. The minimum atomic E-state index is -0.514. The molecule has 0 saturated carbocycles. The van der Waals surface area contributed by atoms with Crippen molar-refractivity contribution >= 4 is 17.1 Å². The van der Waals surface area contributed by atoms with E-state index in [2.05, 4.69) is 0 Å². The maximum atomic E-state index is 12.9. The Hall–Kier alpha value is -3.48. The Morgan fingerprint density at radius 2 is 1.71 bits per heavy atom. The van der Waals surface area contributed by atoms with Crippen LogP contribution in [0.4, 0.5) is 4.79 Å². The Morgan fingerprint density at radius 1 is 1.03 bits per heavy atom. The third kappa shape index (κ3) is 4.59. The average Bonchev–Trinajstić information content (AvgIpc) is 3.08. The van der Waals surface area contributed by atoms with E-state index in [4.69, 9.17) is 18.6 Å². The minimum Gasteiger partial charge on any atom is -0.495 e. The third-order valence-electron chi connectivity index (χ3n) is 6.70. The van der Waals surface area contributed by atoms with Gasteiger partial charge in [-0.1, -0.05) is 30.3 Å². The molecule has 0 radical (unpaired) electrons. The van der Waals surface area contributed by atoms with Crippen LogP contribution in [0, 0.1) is 0 Å². The van der Waals surface area contributed by atoms with E-state index in [9.17, 15) is 9.59 Å². The molecule has 1 aromatic heterocycles. The number of benzene rings is 2. The van der Waals surface area contributed by atoms with Gasteiger partial charge in [0.2, 0.25) is 0 Å². The molecule has 184 valence electrons. The number of piperidine rings is 1. The topological polar surface area (TPSA) is 78.2 Å². The van der Waals surface area contributed by atoms with Crippen LogP contribution in [0.1, 0.15) is 46.5 Å². The van der Waals surface area contributed by atoms with Crippen LogP contribution < -0.4 is 15.1 Å². The first-order valence-corrected chi connectivity index (χ1v) is 12.1. The van der Waals surface area contributed by atoms with Crippen LogP contribution in [-0.4, -0.2) is 41.9 Å². The van der Waals surface area contributed by atoms with Crippen LogP contribution in [0.5, 0.6) is 11.5 Å². The van der Waals surface area contributed by atoms with E-state index in [1.165, 1.54) is 0 Å². The van der Waals surface area contributed by atoms with Crippen molar-refractivity contribution in [3.63, 3.8) is 0 Å². The van der Waals surface area contributed by atoms with E-state index in [1.807, 2.05) is 68.1 Å². The van der Waals surface area contributed by atoms with Crippen molar-refractivity contribution in [1.29, 1.82) is 0 Å². The van der Waals surface area contributed by atoms with Gasteiger partial charge in [0, 0.05) is 31.0 Å². The number of fused-ring (bicyclic) bond motifs is 3. The summed E-state index contributed by atoms with van der Waals surface area (Å²) in [5.74, 6) is 1.11. The van der Waals surface area contributed by atoms with Crippen molar-refractivity contribution in [1.82, 2.24) is 4.90 Å². The maximum Gasteiger partial charge on any atom is 0.410 e. The fourth-order valence-corrected chi connectivity index (χ4v) is 5.32. The number of nitrogens with zero attached hydrogens (tertiary/aromatic N) is 1. The Balaban J connectivity index is 1.37. The van der Waals surface area contributed by atoms with Gasteiger partial charge in [-0.25, -0.2) is 9.59 Å². The highest BCUT2D eigenvalue weighted by Gasteiger charge is 2.45. The number of hydrogen-bond acceptors (Lipinski definition) is 6. The van der Waals surface area contributed by atoms with Gasteiger partial charge in [0.25, 0.3) is 0 Å². The fourth-order valence-electron chi connectivity index (χ4n) is 5.32. The summed E-state index contributed by atoms with van der Waals surface area (Å²) in [7, 11) is 1.55. The second kappa shape index (κ2) is 8.95. The Kier molecular flexibility index (Phi) is 5.95. The van der Waals surface area contributed by atoms with Gasteiger partial charge in [-0.15, -0.1) is 0 Å². The predicted molar refractivity (Wildman–Crippen MR) is 133 cm³/mol. The SMILES string of the molecule is COc1c(-c2ccccc2)c(=O)oc2cc(OC3CC4CCC(C3)N4C(=O)OC(C)(C)C)ccc12. The summed E-state index contributed by atoms with van der Waals surface area (Å²) in [6.45, 7) is 5.66. The minimum absolute atomic E-state index is 0.0270. The highest BCUT2D eigenvalue weighted by atomic mass is 16.6. The molecule has 7 heteroatoms. The highest BCUT2D eigenvalue weighted by molar-refractivity contribution is 5.91. The van der Waals surface area contributed by atoms with Gasteiger partial charge in [0.15, 0.2) is 0 Å². The van der Waals surface area contributed by atoms with E-state index in [1.54, 1.807) is 13.2 Å². The monoisotopic (exact) mass is 477 g/mol. The average molecular weight is 478 g/mol. The van der Waals surface area contributed by atoms with Gasteiger partial charge >= 0.3 is 11.7 Å². The maximum absolute atomic E-state index is 12.9. The van der Waals surface area contributed by atoms with Crippen molar-refractivity contribution in [2.45, 2.75) is 70.2 Å². The van der Waals surface area contributed by atoms with Gasteiger partial charge in [-0.2, -0.15) is 0 Å². The highest BCUT2D eigenvalue weighted by Crippen LogP contribution is 2.39. The lowest BCUT2D eigenvalue weighted by atomic mass is 10.00. The molecule has 5 rings (SSSR count). The number of ether oxygens (including phenoxy) is 3. The van der Waals surface area contributed by atoms with Gasteiger partial charge in [0.1, 0.15) is 34.4 Å². The van der Waals surface area contributed by atoms with Crippen molar-refractivity contribution in [3.8, 4) is 22.6 Å². The summed E-state index contributed by atoms with van der Waals surface area (Å²) in [5.41, 5.74) is 0.591. The molecule has 2 bridgehead atoms. The van der Waals surface area contributed by atoms with Gasteiger partial charge in [-0.05, 0) is 51.3 Å². The molecule has 2 atom stereocenters. The first kappa shape index (κ1) is 23.3. The second-order valence-corrected chi connectivity index (χ2v) is 10.3. The van der Waals surface area contributed by atoms with Crippen LogP contribution in [0.15, 0.2) is 57.7 Å². The van der Waals surface area contributed by atoms with Crippen molar-refractivity contribution in [3.05, 3.63) is 59.0 Å². The standard InChI is InChI=1S/C28H31NO6/c1-28(2,3)35-27(31)29-18-10-11-19(29)15-21(14-18)33-20-12-13-22-23(16-20)34-26(30)24(25(22)32-4)17-8-6-5-7-9-17/h5-9,12-13,16,18-19,21H,10-11,14-15H2,1-4H3. The molecule has 0 spiro atoms. The summed E-state index contributed by atoms with van der Waals surface area (Å²) in [6, 6.07) is 15.1. The van der Waals surface area contributed by atoms with Crippen LogP contribution in [-0.2, 0) is 4.74 Å². The molecule has 2 aliphatic heterocycles. The van der Waals surface area contributed by atoms with E-state index in [0.29, 0.717) is 28.0 Å². The van der Waals surface area contributed by atoms with Crippen molar-refractivity contribution in [2.75, 3.05) is 7.11 Å². The summed E-state index contributed by atoms with van der Waals surface area (Å²) in [6.07, 6.45) is 3.13. The second-order valence-electron chi connectivity index (χ2n) is 10.3. The smallest absolute Gasteiger partial charge is 0.410 e. The molecule has 2 aliphatic rings. The number of carbonyl (C=O) groups is 1. The summed E-state index contributed by atoms with van der Waals surface area (Å²) in [4.78, 5) is 27.5. The fraction of sp³-hybridized carbons (Fsp3) is 0.429. The first-order chi connectivity index (χ1) is 16.7. The number of hydrogen-bond donors (Lipinski definition) is 0. The van der Waals surface area contributed by atoms with Gasteiger partial charge in [0.05, 0.1) is 12.5 Å². The lowest BCUT2D eigenvalue weighted by Gasteiger charge is -2.39. The van der Waals surface area contributed by atoms with E-state index < -0.39 is 11.2 Å².